The summed E-state index contributed by atoms with van der Waals surface area (Å²) < 4.78 is 25.2. The van der Waals surface area contributed by atoms with Crippen molar-refractivity contribution in [2.45, 2.75) is 23.8 Å². The zero-order chi connectivity index (χ0) is 20.2. The Bertz CT molecular complexity index is 987. The summed E-state index contributed by atoms with van der Waals surface area (Å²) in [5, 5.41) is 0.643. The van der Waals surface area contributed by atoms with Crippen LogP contribution in [0.2, 0.25) is 0 Å². The summed E-state index contributed by atoms with van der Waals surface area (Å²) in [5.41, 5.74) is 0.756. The molecule has 1 amide bonds. The van der Waals surface area contributed by atoms with Crippen molar-refractivity contribution in [2.24, 2.45) is 0 Å². The first-order valence-corrected chi connectivity index (χ1v) is 11.2. The fourth-order valence-electron chi connectivity index (χ4n) is 3.22. The van der Waals surface area contributed by atoms with Crippen molar-refractivity contribution >= 4 is 44.4 Å². The van der Waals surface area contributed by atoms with E-state index in [2.05, 4.69) is 0 Å². The van der Waals surface area contributed by atoms with Crippen LogP contribution in [0.1, 0.15) is 12.8 Å². The van der Waals surface area contributed by atoms with Crippen LogP contribution in [-0.4, -0.2) is 43.0 Å². The highest BCUT2D eigenvalue weighted by Gasteiger charge is 2.26. The number of carbonyl (C=O) groups is 1. The Hall–Kier alpha value is -2.16. The molecule has 0 N–H and O–H groups in total. The molecule has 0 bridgehead atoms. The van der Waals surface area contributed by atoms with Crippen molar-refractivity contribution in [1.82, 2.24) is 4.98 Å². The van der Waals surface area contributed by atoms with E-state index in [4.69, 9.17) is 14.5 Å². The molecule has 29 heavy (non-hydrogen) atoms. The van der Waals surface area contributed by atoms with Gasteiger partial charge in [0.05, 0.1) is 30.2 Å². The number of carbonyl (C=O) groups excluding carboxylic acids is 1. The molecule has 1 aromatic heterocycles. The number of methoxy groups -OCH3 is 1. The Balaban J connectivity index is 1.57. The summed E-state index contributed by atoms with van der Waals surface area (Å²) >= 11 is 2.86. The molecule has 1 aliphatic heterocycles. The smallest absolute Gasteiger partial charge is 0.239 e. The van der Waals surface area contributed by atoms with Gasteiger partial charge in [-0.2, -0.15) is 0 Å². The number of fused-ring (bicyclic) bond motifs is 1. The minimum Gasteiger partial charge on any atom is -0.494 e. The predicted molar refractivity (Wildman–Crippen MR) is 115 cm³/mol. The summed E-state index contributed by atoms with van der Waals surface area (Å²) in [4.78, 5) is 20.4. The topological polar surface area (TPSA) is 51.7 Å². The standard InChI is InChI=1S/C21H21FN2O3S2/c1-26-17-5-2-6-18-20(17)23-21(29-18)24(12-15-4-3-11-27-15)19(25)13-28-16-9-7-14(22)8-10-16/h2,5-10,15H,3-4,11-13H2,1H3. The fraction of sp³-hybridized carbons (Fsp3) is 0.333. The van der Waals surface area contributed by atoms with E-state index >= 15 is 0 Å². The highest BCUT2D eigenvalue weighted by molar-refractivity contribution is 8.00. The van der Waals surface area contributed by atoms with Gasteiger partial charge in [-0.05, 0) is 49.2 Å². The zero-order valence-corrected chi connectivity index (χ0v) is 17.6. The number of ether oxygens (including phenoxy) is 2. The van der Waals surface area contributed by atoms with Crippen LogP contribution in [0, 0.1) is 5.82 Å². The summed E-state index contributed by atoms with van der Waals surface area (Å²) in [5.74, 6) is 0.595. The third-order valence-electron chi connectivity index (χ3n) is 4.71. The van der Waals surface area contributed by atoms with Crippen molar-refractivity contribution in [2.75, 3.05) is 30.9 Å². The Kier molecular flexibility index (Phi) is 6.32. The number of para-hydroxylation sites is 1. The van der Waals surface area contributed by atoms with Gasteiger partial charge in [0.1, 0.15) is 17.1 Å². The van der Waals surface area contributed by atoms with Crippen LogP contribution in [0.5, 0.6) is 5.75 Å². The lowest BCUT2D eigenvalue weighted by Gasteiger charge is -2.23. The van der Waals surface area contributed by atoms with Gasteiger partial charge in [0.25, 0.3) is 0 Å². The van der Waals surface area contributed by atoms with E-state index in [-0.39, 0.29) is 23.6 Å². The number of amides is 1. The Morgan fingerprint density at radius 2 is 2.17 bits per heavy atom. The maximum absolute atomic E-state index is 13.1. The first-order chi connectivity index (χ1) is 14.1. The molecule has 8 heteroatoms. The summed E-state index contributed by atoms with van der Waals surface area (Å²) in [6.45, 7) is 1.20. The number of rotatable bonds is 7. The van der Waals surface area contributed by atoms with E-state index in [0.717, 1.165) is 34.6 Å². The molecule has 1 fully saturated rings. The number of benzene rings is 2. The number of halogens is 1. The van der Waals surface area contributed by atoms with Crippen molar-refractivity contribution in [3.05, 3.63) is 48.3 Å². The number of thioether (sulfide) groups is 1. The highest BCUT2D eigenvalue weighted by atomic mass is 32.2. The van der Waals surface area contributed by atoms with Crippen molar-refractivity contribution in [1.29, 1.82) is 0 Å². The van der Waals surface area contributed by atoms with Crippen LogP contribution in [0.15, 0.2) is 47.4 Å². The Labute approximate surface area is 176 Å². The van der Waals surface area contributed by atoms with E-state index < -0.39 is 0 Å². The maximum atomic E-state index is 13.1. The van der Waals surface area contributed by atoms with Gasteiger partial charge in [0.15, 0.2) is 5.13 Å². The number of thiazole rings is 1. The molecule has 5 nitrogen and oxygen atoms in total. The van der Waals surface area contributed by atoms with Crippen LogP contribution in [0.4, 0.5) is 9.52 Å². The second kappa shape index (κ2) is 9.11. The maximum Gasteiger partial charge on any atom is 0.239 e. The summed E-state index contributed by atoms with van der Waals surface area (Å²) in [6.07, 6.45) is 1.96. The third kappa shape index (κ3) is 4.71. The van der Waals surface area contributed by atoms with Gasteiger partial charge < -0.3 is 9.47 Å². The molecule has 152 valence electrons. The minimum absolute atomic E-state index is 0.0173. The van der Waals surface area contributed by atoms with E-state index in [0.29, 0.717) is 17.4 Å². The number of hydrogen-bond donors (Lipinski definition) is 0. The lowest BCUT2D eigenvalue weighted by atomic mass is 10.2. The number of anilines is 1. The normalized spacial score (nSPS) is 16.3. The Morgan fingerprint density at radius 3 is 2.90 bits per heavy atom. The first kappa shape index (κ1) is 20.1. The molecule has 2 aromatic carbocycles. The third-order valence-corrected chi connectivity index (χ3v) is 6.75. The predicted octanol–water partition coefficient (Wildman–Crippen LogP) is 4.75. The molecule has 1 unspecified atom stereocenters. The van der Waals surface area contributed by atoms with E-state index in [1.54, 1.807) is 24.1 Å². The van der Waals surface area contributed by atoms with Gasteiger partial charge in [-0.25, -0.2) is 9.37 Å². The minimum atomic E-state index is -0.288. The van der Waals surface area contributed by atoms with Gasteiger partial charge >= 0.3 is 0 Å². The molecule has 0 aliphatic carbocycles. The zero-order valence-electron chi connectivity index (χ0n) is 16.0. The van der Waals surface area contributed by atoms with Crippen molar-refractivity contribution in [3.8, 4) is 5.75 Å². The average Bonchev–Trinajstić information content (AvgIpc) is 3.40. The van der Waals surface area contributed by atoms with Crippen LogP contribution < -0.4 is 9.64 Å². The Morgan fingerprint density at radius 1 is 1.34 bits per heavy atom. The molecule has 3 aromatic rings. The van der Waals surface area contributed by atoms with Gasteiger partial charge in [0, 0.05) is 11.5 Å². The first-order valence-electron chi connectivity index (χ1n) is 9.38. The molecular formula is C21H21FN2O3S2. The van der Waals surface area contributed by atoms with Crippen LogP contribution in [-0.2, 0) is 9.53 Å². The number of nitrogens with zero attached hydrogens (tertiary/aromatic N) is 2. The second-order valence-corrected chi connectivity index (χ2v) is 8.74. The van der Waals surface area contributed by atoms with Crippen LogP contribution in [0.3, 0.4) is 0 Å². The van der Waals surface area contributed by atoms with Gasteiger partial charge in [-0.3, -0.25) is 9.69 Å². The quantitative estimate of drug-likeness (QED) is 0.505. The second-order valence-electron chi connectivity index (χ2n) is 6.69. The average molecular weight is 433 g/mol. The molecule has 1 atom stereocenters. The fourth-order valence-corrected chi connectivity index (χ4v) is 5.01. The largest absolute Gasteiger partial charge is 0.494 e. The van der Waals surface area contributed by atoms with E-state index in [1.807, 2.05) is 18.2 Å². The molecule has 2 heterocycles. The molecule has 1 saturated heterocycles. The van der Waals surface area contributed by atoms with E-state index in [1.165, 1.54) is 35.2 Å². The van der Waals surface area contributed by atoms with E-state index in [9.17, 15) is 9.18 Å². The summed E-state index contributed by atoms with van der Waals surface area (Å²) in [6, 6.07) is 11.9. The van der Waals surface area contributed by atoms with Crippen molar-refractivity contribution < 1.29 is 18.7 Å². The monoisotopic (exact) mass is 432 g/mol. The van der Waals surface area contributed by atoms with Crippen LogP contribution in [0.25, 0.3) is 10.2 Å². The van der Waals surface area contributed by atoms with Gasteiger partial charge in [-0.15, -0.1) is 11.8 Å². The summed E-state index contributed by atoms with van der Waals surface area (Å²) in [7, 11) is 1.61. The van der Waals surface area contributed by atoms with Crippen molar-refractivity contribution in [3.63, 3.8) is 0 Å². The lowest BCUT2D eigenvalue weighted by molar-refractivity contribution is -0.116. The number of aromatic nitrogens is 1. The molecule has 1 aliphatic rings. The lowest BCUT2D eigenvalue weighted by Crippen LogP contribution is -2.38. The molecule has 0 radical (unpaired) electrons. The molecule has 0 spiro atoms. The SMILES string of the molecule is COc1cccc2sc(N(CC3CCCO3)C(=O)CSc3ccc(F)cc3)nc12. The highest BCUT2D eigenvalue weighted by Crippen LogP contribution is 2.35. The number of hydrogen-bond acceptors (Lipinski definition) is 6. The van der Waals surface area contributed by atoms with Gasteiger partial charge in [0.2, 0.25) is 5.91 Å². The molecule has 0 saturated carbocycles. The molecule has 4 rings (SSSR count). The molecular weight excluding hydrogens is 411 g/mol. The van der Waals surface area contributed by atoms with Crippen LogP contribution >= 0.6 is 23.1 Å². The van der Waals surface area contributed by atoms with Gasteiger partial charge in [-0.1, -0.05) is 17.4 Å².